The lowest BCUT2D eigenvalue weighted by Crippen LogP contribution is -2.44. The van der Waals surface area contributed by atoms with E-state index in [0.29, 0.717) is 5.75 Å². The van der Waals surface area contributed by atoms with Crippen LogP contribution >= 0.6 is 0 Å². The van der Waals surface area contributed by atoms with E-state index in [9.17, 15) is 9.59 Å². The van der Waals surface area contributed by atoms with Gasteiger partial charge in [-0.2, -0.15) is 0 Å². The standard InChI is InChI=1S/C17H26N2O5/c1-11(22-3)16(20)18-10-14(19-17(21)12(2)23-4)13-8-6-7-9-15(13)24-5/h6-9,11-12,14H,10H2,1-5H3,(H,18,20)(H,19,21)/t11-,12-,14-/m0/s1. The van der Waals surface area contributed by atoms with Crippen LogP contribution in [0.2, 0.25) is 0 Å². The molecule has 1 aromatic carbocycles. The van der Waals surface area contributed by atoms with Crippen LogP contribution in [0, 0.1) is 0 Å². The number of para-hydroxylation sites is 1. The van der Waals surface area contributed by atoms with Gasteiger partial charge < -0.3 is 24.8 Å². The number of hydrogen-bond donors (Lipinski definition) is 2. The van der Waals surface area contributed by atoms with E-state index < -0.39 is 18.2 Å². The smallest absolute Gasteiger partial charge is 0.249 e. The van der Waals surface area contributed by atoms with Gasteiger partial charge in [0.05, 0.1) is 13.2 Å². The minimum absolute atomic E-state index is 0.203. The van der Waals surface area contributed by atoms with E-state index in [1.165, 1.54) is 14.2 Å². The topological polar surface area (TPSA) is 85.9 Å². The van der Waals surface area contributed by atoms with Crippen molar-refractivity contribution in [2.75, 3.05) is 27.9 Å². The first-order valence-corrected chi connectivity index (χ1v) is 7.71. The van der Waals surface area contributed by atoms with Crippen molar-refractivity contribution in [3.05, 3.63) is 29.8 Å². The van der Waals surface area contributed by atoms with Crippen LogP contribution in [-0.2, 0) is 19.1 Å². The Morgan fingerprint density at radius 1 is 1.00 bits per heavy atom. The number of amides is 2. The first kappa shape index (κ1) is 19.9. The van der Waals surface area contributed by atoms with Gasteiger partial charge in [-0.1, -0.05) is 18.2 Å². The number of nitrogens with one attached hydrogen (secondary N) is 2. The second-order valence-electron chi connectivity index (χ2n) is 5.30. The molecule has 0 saturated carbocycles. The molecule has 7 heteroatoms. The Morgan fingerprint density at radius 3 is 2.17 bits per heavy atom. The molecular weight excluding hydrogens is 312 g/mol. The Bertz CT molecular complexity index is 550. The average Bonchev–Trinajstić information content (AvgIpc) is 2.62. The quantitative estimate of drug-likeness (QED) is 0.703. The van der Waals surface area contributed by atoms with E-state index in [4.69, 9.17) is 14.2 Å². The molecule has 3 atom stereocenters. The third kappa shape index (κ3) is 5.50. The molecule has 0 aliphatic rings. The third-order valence-electron chi connectivity index (χ3n) is 3.76. The monoisotopic (exact) mass is 338 g/mol. The fourth-order valence-electron chi connectivity index (χ4n) is 2.04. The summed E-state index contributed by atoms with van der Waals surface area (Å²) in [6.07, 6.45) is -1.17. The minimum Gasteiger partial charge on any atom is -0.496 e. The SMILES string of the molecule is COc1ccccc1[C@H](CNC(=O)[C@H](C)OC)NC(=O)[C@H](C)OC. The van der Waals surface area contributed by atoms with Crippen molar-refractivity contribution in [3.63, 3.8) is 0 Å². The van der Waals surface area contributed by atoms with Crippen LogP contribution < -0.4 is 15.4 Å². The van der Waals surface area contributed by atoms with Crippen LogP contribution in [0.4, 0.5) is 0 Å². The molecule has 0 radical (unpaired) electrons. The van der Waals surface area contributed by atoms with E-state index in [1.807, 2.05) is 18.2 Å². The number of benzene rings is 1. The van der Waals surface area contributed by atoms with E-state index in [2.05, 4.69) is 10.6 Å². The summed E-state index contributed by atoms with van der Waals surface area (Å²) in [5.74, 6) is 0.0933. The molecular formula is C17H26N2O5. The van der Waals surface area contributed by atoms with E-state index in [-0.39, 0.29) is 18.4 Å². The normalized spacial score (nSPS) is 14.4. The second-order valence-corrected chi connectivity index (χ2v) is 5.30. The zero-order valence-electron chi connectivity index (χ0n) is 14.8. The summed E-state index contributed by atoms with van der Waals surface area (Å²) in [5.41, 5.74) is 0.766. The first-order chi connectivity index (χ1) is 11.4. The van der Waals surface area contributed by atoms with Crippen LogP contribution in [0.15, 0.2) is 24.3 Å². The van der Waals surface area contributed by atoms with Crippen molar-refractivity contribution < 1.29 is 23.8 Å². The average molecular weight is 338 g/mol. The number of carbonyl (C=O) groups is 2. The molecule has 0 aliphatic heterocycles. The largest absolute Gasteiger partial charge is 0.496 e. The van der Waals surface area contributed by atoms with Gasteiger partial charge in [0.2, 0.25) is 11.8 Å². The molecule has 0 fully saturated rings. The van der Waals surface area contributed by atoms with E-state index in [1.54, 1.807) is 27.0 Å². The van der Waals surface area contributed by atoms with Crippen LogP contribution in [0.3, 0.4) is 0 Å². The highest BCUT2D eigenvalue weighted by Crippen LogP contribution is 2.24. The zero-order chi connectivity index (χ0) is 18.1. The number of methoxy groups -OCH3 is 3. The highest BCUT2D eigenvalue weighted by molar-refractivity contribution is 5.82. The summed E-state index contributed by atoms with van der Waals surface area (Å²) in [5, 5.41) is 5.64. The zero-order valence-corrected chi connectivity index (χ0v) is 14.8. The summed E-state index contributed by atoms with van der Waals surface area (Å²) in [7, 11) is 4.48. The van der Waals surface area contributed by atoms with Crippen molar-refractivity contribution in [1.82, 2.24) is 10.6 Å². The summed E-state index contributed by atoms with van der Waals surface area (Å²) in [6, 6.07) is 6.86. The van der Waals surface area contributed by atoms with Crippen LogP contribution in [0.5, 0.6) is 5.75 Å². The van der Waals surface area contributed by atoms with E-state index in [0.717, 1.165) is 5.56 Å². The Morgan fingerprint density at radius 2 is 1.58 bits per heavy atom. The van der Waals surface area contributed by atoms with Crippen LogP contribution in [-0.4, -0.2) is 51.9 Å². The summed E-state index contributed by atoms with van der Waals surface area (Å²) in [4.78, 5) is 24.1. The van der Waals surface area contributed by atoms with Gasteiger partial charge in [0.15, 0.2) is 0 Å². The van der Waals surface area contributed by atoms with Gasteiger partial charge in [0.1, 0.15) is 18.0 Å². The van der Waals surface area contributed by atoms with Crippen molar-refractivity contribution in [2.24, 2.45) is 0 Å². The molecule has 0 unspecified atom stereocenters. The van der Waals surface area contributed by atoms with Crippen molar-refractivity contribution in [1.29, 1.82) is 0 Å². The number of carbonyl (C=O) groups excluding carboxylic acids is 2. The number of hydrogen-bond acceptors (Lipinski definition) is 5. The van der Waals surface area contributed by atoms with Gasteiger partial charge in [0.25, 0.3) is 0 Å². The lowest BCUT2D eigenvalue weighted by Gasteiger charge is -2.23. The molecule has 2 amide bonds. The summed E-state index contributed by atoms with van der Waals surface area (Å²) >= 11 is 0. The maximum Gasteiger partial charge on any atom is 0.249 e. The second kappa shape index (κ2) is 9.89. The third-order valence-corrected chi connectivity index (χ3v) is 3.76. The molecule has 2 N–H and O–H groups in total. The summed E-state index contributed by atoms with van der Waals surface area (Å²) in [6.45, 7) is 3.51. The molecule has 0 bridgehead atoms. The molecule has 0 aromatic heterocycles. The van der Waals surface area contributed by atoms with Crippen molar-refractivity contribution in [3.8, 4) is 5.75 Å². The van der Waals surface area contributed by atoms with Crippen molar-refractivity contribution in [2.45, 2.75) is 32.1 Å². The lowest BCUT2D eigenvalue weighted by atomic mass is 10.0. The fourth-order valence-corrected chi connectivity index (χ4v) is 2.04. The maximum atomic E-state index is 12.2. The van der Waals surface area contributed by atoms with Gasteiger partial charge in [-0.25, -0.2) is 0 Å². The van der Waals surface area contributed by atoms with E-state index >= 15 is 0 Å². The van der Waals surface area contributed by atoms with Gasteiger partial charge in [-0.3, -0.25) is 9.59 Å². The molecule has 0 aliphatic carbocycles. The highest BCUT2D eigenvalue weighted by atomic mass is 16.5. The fraction of sp³-hybridized carbons (Fsp3) is 0.529. The number of ether oxygens (including phenoxy) is 3. The first-order valence-electron chi connectivity index (χ1n) is 7.71. The predicted molar refractivity (Wildman–Crippen MR) is 89.8 cm³/mol. The van der Waals surface area contributed by atoms with Gasteiger partial charge >= 0.3 is 0 Å². The van der Waals surface area contributed by atoms with Crippen LogP contribution in [0.25, 0.3) is 0 Å². The van der Waals surface area contributed by atoms with Gasteiger partial charge in [0, 0.05) is 26.3 Å². The maximum absolute atomic E-state index is 12.2. The Hall–Kier alpha value is -2.12. The Labute approximate surface area is 142 Å². The highest BCUT2D eigenvalue weighted by Gasteiger charge is 2.23. The molecule has 0 saturated heterocycles. The summed E-state index contributed by atoms with van der Waals surface area (Å²) < 4.78 is 15.4. The minimum atomic E-state index is -0.601. The lowest BCUT2D eigenvalue weighted by molar-refractivity contribution is -0.132. The molecule has 0 heterocycles. The van der Waals surface area contributed by atoms with Crippen LogP contribution in [0.1, 0.15) is 25.5 Å². The molecule has 1 rings (SSSR count). The number of rotatable bonds is 9. The molecule has 1 aromatic rings. The molecule has 7 nitrogen and oxygen atoms in total. The van der Waals surface area contributed by atoms with Gasteiger partial charge in [-0.15, -0.1) is 0 Å². The molecule has 24 heavy (non-hydrogen) atoms. The molecule has 134 valence electrons. The molecule has 0 spiro atoms. The van der Waals surface area contributed by atoms with Crippen molar-refractivity contribution >= 4 is 11.8 Å². The van der Waals surface area contributed by atoms with Gasteiger partial charge in [-0.05, 0) is 19.9 Å². The predicted octanol–water partition coefficient (Wildman–Crippen LogP) is 1.04. The Kier molecular flexibility index (Phi) is 8.21. The Balaban J connectivity index is 2.94.